The number of primary sulfonamides is 1. The minimum absolute atomic E-state index is 0.0292. The summed E-state index contributed by atoms with van der Waals surface area (Å²) in [5, 5.41) is 8.26. The molecular weight excluding hydrogens is 356 g/mol. The molecule has 1 heterocycles. The van der Waals surface area contributed by atoms with E-state index in [2.05, 4.69) is 48.6 Å². The first-order valence-corrected chi connectivity index (χ1v) is 10.5. The van der Waals surface area contributed by atoms with Crippen LogP contribution in [0, 0.1) is 6.92 Å². The van der Waals surface area contributed by atoms with Gasteiger partial charge in [-0.2, -0.15) is 0 Å². The van der Waals surface area contributed by atoms with Crippen molar-refractivity contribution in [3.8, 4) is 0 Å². The summed E-state index contributed by atoms with van der Waals surface area (Å²) in [6.07, 6.45) is 7.72. The molecule has 0 saturated carbocycles. The maximum Gasteiger partial charge on any atom is 0.219 e. The predicted molar refractivity (Wildman–Crippen MR) is 109 cm³/mol. The van der Waals surface area contributed by atoms with Gasteiger partial charge in [-0.1, -0.05) is 78.4 Å². The third-order valence-corrected chi connectivity index (χ3v) is 6.26. The molecule has 1 aliphatic carbocycles. The Morgan fingerprint density at radius 2 is 1.78 bits per heavy atom. The van der Waals surface area contributed by atoms with E-state index in [1.807, 2.05) is 24.3 Å². The molecule has 2 aromatic rings. The summed E-state index contributed by atoms with van der Waals surface area (Å²) >= 11 is 0. The summed E-state index contributed by atoms with van der Waals surface area (Å²) in [4.78, 5) is 0. The zero-order valence-corrected chi connectivity index (χ0v) is 15.9. The third kappa shape index (κ3) is 3.48. The molecule has 5 heteroatoms. The quantitative estimate of drug-likeness (QED) is 0.842. The second-order valence-corrected chi connectivity index (χ2v) is 8.74. The smallest absolute Gasteiger partial charge is 0.219 e. The maximum absolute atomic E-state index is 12.1. The number of nitrogens with one attached hydrogen (secondary N) is 1. The molecule has 4 rings (SSSR count). The van der Waals surface area contributed by atoms with Crippen molar-refractivity contribution in [2.45, 2.75) is 24.6 Å². The highest BCUT2D eigenvalue weighted by Crippen LogP contribution is 2.34. The molecule has 138 valence electrons. The van der Waals surface area contributed by atoms with E-state index in [9.17, 15) is 8.42 Å². The van der Waals surface area contributed by atoms with Crippen molar-refractivity contribution in [1.82, 2.24) is 5.32 Å². The number of fused-ring (bicyclic) bond motifs is 1. The Morgan fingerprint density at radius 1 is 1.04 bits per heavy atom. The van der Waals surface area contributed by atoms with Crippen molar-refractivity contribution in [1.29, 1.82) is 0 Å². The lowest BCUT2D eigenvalue weighted by atomic mass is 9.86. The van der Waals surface area contributed by atoms with Crippen LogP contribution in [0.15, 0.2) is 84.1 Å². The Kier molecular flexibility index (Phi) is 4.50. The van der Waals surface area contributed by atoms with Crippen LogP contribution in [0.4, 0.5) is 0 Å². The van der Waals surface area contributed by atoms with E-state index in [4.69, 9.17) is 5.14 Å². The van der Waals surface area contributed by atoms with Crippen LogP contribution in [0.5, 0.6) is 0 Å². The van der Waals surface area contributed by atoms with Crippen LogP contribution in [0.25, 0.3) is 0 Å². The number of hydrogen-bond acceptors (Lipinski definition) is 3. The highest BCUT2D eigenvalue weighted by molar-refractivity contribution is 7.90. The molecule has 2 atom stereocenters. The average molecular weight is 378 g/mol. The minimum Gasteiger partial charge on any atom is -0.377 e. The normalized spacial score (nSPS) is 24.4. The molecule has 0 radical (unpaired) electrons. The van der Waals surface area contributed by atoms with Gasteiger partial charge >= 0.3 is 0 Å². The van der Waals surface area contributed by atoms with Crippen molar-refractivity contribution >= 4 is 10.0 Å². The van der Waals surface area contributed by atoms with Crippen LogP contribution in [0.2, 0.25) is 0 Å². The van der Waals surface area contributed by atoms with Gasteiger partial charge in [-0.05, 0) is 29.2 Å². The first-order chi connectivity index (χ1) is 12.9. The Morgan fingerprint density at radius 3 is 2.52 bits per heavy atom. The Bertz CT molecular complexity index is 1060. The van der Waals surface area contributed by atoms with Gasteiger partial charge in [-0.15, -0.1) is 0 Å². The lowest BCUT2D eigenvalue weighted by molar-refractivity contribution is 0.591. The molecule has 0 fully saturated rings. The maximum atomic E-state index is 12.1. The molecule has 1 aliphatic heterocycles. The predicted octanol–water partition coefficient (Wildman–Crippen LogP) is 3.27. The van der Waals surface area contributed by atoms with Crippen molar-refractivity contribution in [3.05, 3.63) is 106 Å². The number of allylic oxidation sites excluding steroid dienone is 4. The molecule has 2 aliphatic rings. The Hall–Kier alpha value is -2.63. The molecule has 2 aromatic carbocycles. The van der Waals surface area contributed by atoms with E-state index in [1.165, 1.54) is 16.7 Å². The Balaban J connectivity index is 1.84. The van der Waals surface area contributed by atoms with Gasteiger partial charge in [0.05, 0.1) is 6.04 Å². The van der Waals surface area contributed by atoms with Gasteiger partial charge in [-0.3, -0.25) is 0 Å². The molecule has 0 amide bonds. The van der Waals surface area contributed by atoms with Gasteiger partial charge in [0.1, 0.15) is 5.25 Å². The summed E-state index contributed by atoms with van der Waals surface area (Å²) in [6.45, 7) is 2.06. The van der Waals surface area contributed by atoms with Crippen molar-refractivity contribution in [2.24, 2.45) is 5.14 Å². The summed E-state index contributed by atoms with van der Waals surface area (Å²) < 4.78 is 24.2. The van der Waals surface area contributed by atoms with Gasteiger partial charge in [0.25, 0.3) is 0 Å². The van der Waals surface area contributed by atoms with E-state index in [1.54, 1.807) is 12.2 Å². The van der Waals surface area contributed by atoms with E-state index in [0.29, 0.717) is 12.0 Å². The second-order valence-electron chi connectivity index (χ2n) is 7.05. The topological polar surface area (TPSA) is 72.2 Å². The zero-order chi connectivity index (χ0) is 19.0. The minimum atomic E-state index is -3.73. The van der Waals surface area contributed by atoms with Crippen molar-refractivity contribution < 1.29 is 8.42 Å². The second kappa shape index (κ2) is 6.83. The van der Waals surface area contributed by atoms with Gasteiger partial charge < -0.3 is 5.32 Å². The van der Waals surface area contributed by atoms with Gasteiger partial charge in [0, 0.05) is 12.1 Å². The van der Waals surface area contributed by atoms with E-state index in [-0.39, 0.29) is 6.04 Å². The molecule has 0 aromatic heterocycles. The first kappa shape index (κ1) is 17.8. The zero-order valence-electron chi connectivity index (χ0n) is 15.1. The molecule has 2 unspecified atom stereocenters. The number of rotatable bonds is 2. The van der Waals surface area contributed by atoms with Crippen molar-refractivity contribution in [2.75, 3.05) is 0 Å². The lowest BCUT2D eigenvalue weighted by Gasteiger charge is -2.33. The molecule has 0 bridgehead atoms. The number of benzene rings is 2. The van der Waals surface area contributed by atoms with Gasteiger partial charge in [0.2, 0.25) is 10.0 Å². The van der Waals surface area contributed by atoms with Crippen LogP contribution in [-0.4, -0.2) is 13.7 Å². The van der Waals surface area contributed by atoms with Crippen LogP contribution in [0.3, 0.4) is 0 Å². The average Bonchev–Trinajstić information content (AvgIpc) is 2.67. The lowest BCUT2D eigenvalue weighted by Crippen LogP contribution is -2.35. The summed E-state index contributed by atoms with van der Waals surface area (Å²) in [5.74, 6) is 0. The number of hydrogen-bond donors (Lipinski definition) is 2. The van der Waals surface area contributed by atoms with Crippen LogP contribution in [0.1, 0.15) is 28.3 Å². The summed E-state index contributed by atoms with van der Waals surface area (Å²) in [7, 11) is -3.73. The summed E-state index contributed by atoms with van der Waals surface area (Å²) in [6, 6.07) is 16.7. The molecule has 0 spiro atoms. The van der Waals surface area contributed by atoms with Crippen LogP contribution >= 0.6 is 0 Å². The van der Waals surface area contributed by atoms with Crippen molar-refractivity contribution in [3.63, 3.8) is 0 Å². The molecule has 3 N–H and O–H groups in total. The van der Waals surface area contributed by atoms with Crippen LogP contribution < -0.4 is 10.5 Å². The number of nitrogens with two attached hydrogens (primary N) is 1. The number of sulfonamides is 1. The van der Waals surface area contributed by atoms with E-state index < -0.39 is 15.3 Å². The fourth-order valence-corrected chi connectivity index (χ4v) is 4.64. The van der Waals surface area contributed by atoms with E-state index >= 15 is 0 Å². The van der Waals surface area contributed by atoms with Gasteiger partial charge in [0.15, 0.2) is 0 Å². The Labute approximate surface area is 160 Å². The largest absolute Gasteiger partial charge is 0.377 e. The van der Waals surface area contributed by atoms with E-state index in [0.717, 1.165) is 11.3 Å². The standard InChI is InChI=1S/C22H22N2O2S/c1-15-10-12-16(13-11-15)22-18-7-3-2-6-17(18)14-20(24-22)19-8-4-5-9-21(19)27(23,25)26/h2-13,21-22,24H,14H2,1H3,(H2,23,25,26). The highest BCUT2D eigenvalue weighted by Gasteiger charge is 2.30. The molecule has 27 heavy (non-hydrogen) atoms. The molecule has 0 saturated heterocycles. The summed E-state index contributed by atoms with van der Waals surface area (Å²) in [5.41, 5.74) is 6.38. The molecule has 4 nitrogen and oxygen atoms in total. The first-order valence-electron chi connectivity index (χ1n) is 8.94. The monoisotopic (exact) mass is 378 g/mol. The fourth-order valence-electron chi connectivity index (χ4n) is 3.76. The van der Waals surface area contributed by atoms with Gasteiger partial charge in [-0.25, -0.2) is 13.6 Å². The molecular formula is C22H22N2O2S. The van der Waals surface area contributed by atoms with Crippen LogP contribution in [-0.2, 0) is 16.4 Å². The highest BCUT2D eigenvalue weighted by atomic mass is 32.2. The third-order valence-electron chi connectivity index (χ3n) is 5.14. The fraction of sp³-hybridized carbons (Fsp3) is 0.182. The number of aryl methyl sites for hydroxylation is 1. The SMILES string of the molecule is Cc1ccc(C2NC(=C3C=CC=CC3S(N)(=O)=O)Cc3ccccc32)cc1.